The van der Waals surface area contributed by atoms with Crippen LogP contribution in [0.4, 0.5) is 0 Å². The molecule has 1 rings (SSSR count). The molecule has 0 unspecified atom stereocenters. The molecule has 0 aromatic heterocycles. The first-order valence-corrected chi connectivity index (χ1v) is 4.13. The summed E-state index contributed by atoms with van der Waals surface area (Å²) >= 11 is 0. The van der Waals surface area contributed by atoms with Crippen LogP contribution in [0, 0.1) is 7.11 Å². The molecule has 14 heavy (non-hydrogen) atoms. The van der Waals surface area contributed by atoms with E-state index in [-0.39, 0.29) is 0 Å². The quantitative estimate of drug-likeness (QED) is 0.544. The van der Waals surface area contributed by atoms with Crippen LogP contribution in [-0.4, -0.2) is 12.6 Å². The third-order valence-corrected chi connectivity index (χ3v) is 1.52. The predicted octanol–water partition coefficient (Wildman–Crippen LogP) is 1.97. The number of rotatable bonds is 4. The van der Waals surface area contributed by atoms with Gasteiger partial charge in [0.25, 0.3) is 0 Å². The first-order chi connectivity index (χ1) is 6.77. The highest BCUT2D eigenvalue weighted by atomic mass is 17.2. The highest BCUT2D eigenvalue weighted by molar-refractivity contribution is 5.89. The molecule has 0 fully saturated rings. The summed E-state index contributed by atoms with van der Waals surface area (Å²) in [7, 11) is 2.94. The molecule has 1 aromatic carbocycles. The Morgan fingerprint density at radius 2 is 2.29 bits per heavy atom. The second kappa shape index (κ2) is 5.24. The van der Waals surface area contributed by atoms with Gasteiger partial charge in [0.1, 0.15) is 12.9 Å². The smallest absolute Gasteiger partial charge is 0.373 e. The van der Waals surface area contributed by atoms with Gasteiger partial charge in [0.2, 0.25) is 0 Å². The average Bonchev–Trinajstić information content (AvgIpc) is 2.19. The van der Waals surface area contributed by atoms with Gasteiger partial charge in [-0.15, -0.1) is 0 Å². The van der Waals surface area contributed by atoms with E-state index in [9.17, 15) is 4.79 Å². The first kappa shape index (κ1) is 10.5. The second-order valence-corrected chi connectivity index (χ2v) is 2.45. The van der Waals surface area contributed by atoms with E-state index in [1.54, 1.807) is 24.3 Å². The Morgan fingerprint density at radius 1 is 1.50 bits per heavy atom. The molecule has 0 bridgehead atoms. The number of hydrogen-bond donors (Lipinski definition) is 0. The van der Waals surface area contributed by atoms with Crippen LogP contribution in [0.25, 0.3) is 0 Å². The highest BCUT2D eigenvalue weighted by Crippen LogP contribution is 2.13. The van der Waals surface area contributed by atoms with E-state index in [2.05, 4.69) is 16.9 Å². The zero-order valence-corrected chi connectivity index (χ0v) is 7.86. The van der Waals surface area contributed by atoms with E-state index in [0.29, 0.717) is 17.9 Å². The maximum Gasteiger partial charge on any atom is 0.373 e. The lowest BCUT2D eigenvalue weighted by Crippen LogP contribution is -2.03. The topological polar surface area (TPSA) is 44.8 Å². The molecule has 0 spiro atoms. The summed E-state index contributed by atoms with van der Waals surface area (Å²) in [6.07, 6.45) is 0. The predicted molar refractivity (Wildman–Crippen MR) is 49.5 cm³/mol. The van der Waals surface area contributed by atoms with Crippen LogP contribution >= 0.6 is 0 Å². The summed E-state index contributed by atoms with van der Waals surface area (Å²) < 4.78 is 5.21. The van der Waals surface area contributed by atoms with Crippen LogP contribution in [-0.2, 0) is 9.78 Å². The fourth-order valence-electron chi connectivity index (χ4n) is 0.981. The Bertz CT molecular complexity index is 309. The lowest BCUT2D eigenvalue weighted by Gasteiger charge is -2.04. The van der Waals surface area contributed by atoms with Gasteiger partial charge in [0.05, 0.1) is 12.2 Å². The lowest BCUT2D eigenvalue weighted by molar-refractivity contribution is -0.195. The highest BCUT2D eigenvalue weighted by Gasteiger charge is 2.08. The number of ether oxygens (including phenoxy) is 1. The van der Waals surface area contributed by atoms with Crippen LogP contribution in [0.5, 0.6) is 5.75 Å². The van der Waals surface area contributed by atoms with Crippen molar-refractivity contribution in [1.29, 1.82) is 0 Å². The molecule has 0 saturated carbocycles. The summed E-state index contributed by atoms with van der Waals surface area (Å²) in [4.78, 5) is 19.4. The van der Waals surface area contributed by atoms with Crippen LogP contribution in [0.3, 0.4) is 0 Å². The Balaban J connectivity index is 2.77. The molecular formula is C10H11O4. The van der Waals surface area contributed by atoms with Gasteiger partial charge in [-0.25, -0.2) is 4.79 Å². The molecule has 0 heterocycles. The largest absolute Gasteiger partial charge is 0.494 e. The van der Waals surface area contributed by atoms with Crippen LogP contribution in [0.15, 0.2) is 24.3 Å². The van der Waals surface area contributed by atoms with Crippen LogP contribution < -0.4 is 4.74 Å². The summed E-state index contributed by atoms with van der Waals surface area (Å²) in [5.74, 6) is 0.0209. The minimum Gasteiger partial charge on any atom is -0.494 e. The van der Waals surface area contributed by atoms with Crippen molar-refractivity contribution < 1.29 is 19.3 Å². The second-order valence-electron chi connectivity index (χ2n) is 2.45. The van der Waals surface area contributed by atoms with Crippen molar-refractivity contribution in [3.05, 3.63) is 36.9 Å². The summed E-state index contributed by atoms with van der Waals surface area (Å²) in [5, 5.41) is 0. The molecule has 0 aliphatic carbocycles. The molecule has 0 N–H and O–H groups in total. The third kappa shape index (κ3) is 2.74. The van der Waals surface area contributed by atoms with Crippen molar-refractivity contribution in [3.63, 3.8) is 0 Å². The minimum atomic E-state index is -0.596. The minimum absolute atomic E-state index is 0.361. The van der Waals surface area contributed by atoms with Crippen molar-refractivity contribution in [2.45, 2.75) is 6.92 Å². The monoisotopic (exact) mass is 195 g/mol. The van der Waals surface area contributed by atoms with Gasteiger partial charge in [0, 0.05) is 0 Å². The third-order valence-electron chi connectivity index (χ3n) is 1.52. The number of hydrogen-bond acceptors (Lipinski definition) is 4. The van der Waals surface area contributed by atoms with E-state index < -0.39 is 5.97 Å². The number of carbonyl (C=O) groups excluding carboxylic acids is 1. The Labute approximate surface area is 82.3 Å². The lowest BCUT2D eigenvalue weighted by atomic mass is 10.2. The summed E-state index contributed by atoms with van der Waals surface area (Å²) in [6.45, 7) is 2.41. The molecule has 4 nitrogen and oxygen atoms in total. The Morgan fingerprint density at radius 3 is 2.93 bits per heavy atom. The standard InChI is InChI=1S/C10H11O4/c1-3-13-9-6-4-5-8(7-9)10(11)14-12-2/h4-7H,2-3H2,1H3. The Kier molecular flexibility index (Phi) is 3.94. The average molecular weight is 195 g/mol. The number of benzene rings is 1. The summed E-state index contributed by atoms with van der Waals surface area (Å²) in [5.41, 5.74) is 0.361. The molecule has 1 aromatic rings. The van der Waals surface area contributed by atoms with Gasteiger partial charge in [-0.3, -0.25) is 4.89 Å². The zero-order valence-electron chi connectivity index (χ0n) is 7.86. The van der Waals surface area contributed by atoms with Crippen molar-refractivity contribution >= 4 is 5.97 Å². The molecular weight excluding hydrogens is 184 g/mol. The Hall–Kier alpha value is -1.55. The van der Waals surface area contributed by atoms with Crippen LogP contribution in [0.1, 0.15) is 17.3 Å². The number of carbonyl (C=O) groups is 1. The van der Waals surface area contributed by atoms with Gasteiger partial charge < -0.3 is 4.74 Å². The molecule has 1 radical (unpaired) electrons. The molecule has 75 valence electrons. The molecule has 0 atom stereocenters. The fourth-order valence-corrected chi connectivity index (χ4v) is 0.981. The van der Waals surface area contributed by atoms with Crippen LogP contribution in [0.2, 0.25) is 0 Å². The van der Waals surface area contributed by atoms with Gasteiger partial charge in [0.15, 0.2) is 0 Å². The maximum absolute atomic E-state index is 11.2. The van der Waals surface area contributed by atoms with E-state index in [1.165, 1.54) is 0 Å². The zero-order chi connectivity index (χ0) is 10.4. The first-order valence-electron chi connectivity index (χ1n) is 4.13. The molecule has 0 saturated heterocycles. The van der Waals surface area contributed by atoms with Crippen molar-refractivity contribution in [1.82, 2.24) is 0 Å². The normalized spacial score (nSPS) is 9.57. The van der Waals surface area contributed by atoms with E-state index in [0.717, 1.165) is 0 Å². The summed E-state index contributed by atoms with van der Waals surface area (Å²) in [6, 6.07) is 6.63. The molecule has 0 aliphatic rings. The molecule has 0 amide bonds. The van der Waals surface area contributed by atoms with Crippen molar-refractivity contribution in [2.24, 2.45) is 0 Å². The molecule has 0 aliphatic heterocycles. The van der Waals surface area contributed by atoms with Gasteiger partial charge >= 0.3 is 5.97 Å². The van der Waals surface area contributed by atoms with Crippen molar-refractivity contribution in [3.8, 4) is 5.75 Å². The van der Waals surface area contributed by atoms with Gasteiger partial charge in [-0.05, 0) is 25.1 Å². The van der Waals surface area contributed by atoms with E-state index in [1.807, 2.05) is 6.92 Å². The maximum atomic E-state index is 11.2. The SMILES string of the molecule is [CH2]OOC(=O)c1cccc(OCC)c1. The molecule has 4 heteroatoms. The van der Waals surface area contributed by atoms with Gasteiger partial charge in [-0.1, -0.05) is 6.07 Å². The van der Waals surface area contributed by atoms with Crippen molar-refractivity contribution in [2.75, 3.05) is 6.61 Å². The fraction of sp³-hybridized carbons (Fsp3) is 0.200. The van der Waals surface area contributed by atoms with Gasteiger partial charge in [-0.2, -0.15) is 4.89 Å². The van der Waals surface area contributed by atoms with E-state index in [4.69, 9.17) is 4.74 Å². The van der Waals surface area contributed by atoms with E-state index >= 15 is 0 Å².